The molecule has 1 N–H and O–H groups in total. The maximum atomic E-state index is 9.08. The van der Waals surface area contributed by atoms with Gasteiger partial charge in [0.2, 0.25) is 11.8 Å². The summed E-state index contributed by atoms with van der Waals surface area (Å²) in [6, 6.07) is 7.94. The average Bonchev–Trinajstić information content (AvgIpc) is 2.93. The molecule has 114 valence electrons. The van der Waals surface area contributed by atoms with Gasteiger partial charge in [-0.3, -0.25) is 4.90 Å². The van der Waals surface area contributed by atoms with Crippen molar-refractivity contribution in [1.82, 2.24) is 15.1 Å². The van der Waals surface area contributed by atoms with Gasteiger partial charge >= 0.3 is 0 Å². The number of aliphatic hydroxyl groups excluding tert-OH is 1. The Kier molecular flexibility index (Phi) is 5.86. The van der Waals surface area contributed by atoms with E-state index in [0.717, 1.165) is 11.1 Å². The number of benzene rings is 1. The minimum atomic E-state index is 0.0859. The van der Waals surface area contributed by atoms with Gasteiger partial charge in [0.1, 0.15) is 0 Å². The van der Waals surface area contributed by atoms with Crippen LogP contribution in [0.3, 0.4) is 0 Å². The number of aliphatic hydroxyl groups is 1. The summed E-state index contributed by atoms with van der Waals surface area (Å²) in [5, 5.41) is 17.2. The minimum absolute atomic E-state index is 0.0859. The molecule has 0 amide bonds. The number of aryl methyl sites for hydroxylation is 1. The van der Waals surface area contributed by atoms with E-state index in [1.807, 2.05) is 36.1 Å². The Hall–Kier alpha value is -1.76. The van der Waals surface area contributed by atoms with Crippen molar-refractivity contribution in [3.05, 3.63) is 35.7 Å². The highest BCUT2D eigenvalue weighted by Crippen LogP contribution is 2.19. The summed E-state index contributed by atoms with van der Waals surface area (Å²) in [6.07, 6.45) is 0. The lowest BCUT2D eigenvalue weighted by Crippen LogP contribution is -2.30. The van der Waals surface area contributed by atoms with E-state index in [0.29, 0.717) is 38.0 Å². The number of methoxy groups -OCH3 is 1. The number of rotatable bonds is 8. The summed E-state index contributed by atoms with van der Waals surface area (Å²) in [6.45, 7) is 4.46. The Bertz CT molecular complexity index is 557. The number of aromatic nitrogens is 2. The quantitative estimate of drug-likeness (QED) is 0.794. The molecule has 2 rings (SSSR count). The molecule has 0 saturated heterocycles. The zero-order chi connectivity index (χ0) is 15.1. The van der Waals surface area contributed by atoms with Gasteiger partial charge < -0.3 is 14.3 Å². The molecule has 0 unspecified atom stereocenters. The van der Waals surface area contributed by atoms with Crippen LogP contribution in [0.2, 0.25) is 0 Å². The Labute approximate surface area is 124 Å². The van der Waals surface area contributed by atoms with Crippen LogP contribution in [-0.2, 0) is 11.3 Å². The molecule has 0 bridgehead atoms. The van der Waals surface area contributed by atoms with Crippen LogP contribution in [0.15, 0.2) is 28.7 Å². The summed E-state index contributed by atoms with van der Waals surface area (Å²) in [5.41, 5.74) is 2.06. The Morgan fingerprint density at radius 2 is 2.14 bits per heavy atom. The molecule has 0 spiro atoms. The fraction of sp³-hybridized carbons (Fsp3) is 0.467. The molecule has 1 aromatic heterocycles. The molecule has 1 heterocycles. The van der Waals surface area contributed by atoms with E-state index in [9.17, 15) is 0 Å². The van der Waals surface area contributed by atoms with Crippen molar-refractivity contribution in [2.24, 2.45) is 0 Å². The number of hydrogen-bond acceptors (Lipinski definition) is 6. The second kappa shape index (κ2) is 7.87. The van der Waals surface area contributed by atoms with Crippen LogP contribution in [0.25, 0.3) is 11.5 Å². The summed E-state index contributed by atoms with van der Waals surface area (Å²) in [4.78, 5) is 2.01. The van der Waals surface area contributed by atoms with Gasteiger partial charge in [-0.05, 0) is 19.1 Å². The molecule has 1 aromatic carbocycles. The molecule has 0 atom stereocenters. The van der Waals surface area contributed by atoms with Crippen LogP contribution in [0.1, 0.15) is 11.5 Å². The van der Waals surface area contributed by atoms with E-state index in [-0.39, 0.29) is 6.61 Å². The first kappa shape index (κ1) is 15.6. The van der Waals surface area contributed by atoms with Gasteiger partial charge in [0, 0.05) is 25.8 Å². The van der Waals surface area contributed by atoms with Gasteiger partial charge in [-0.1, -0.05) is 17.7 Å². The lowest BCUT2D eigenvalue weighted by Gasteiger charge is -2.18. The molecule has 0 aliphatic carbocycles. The summed E-state index contributed by atoms with van der Waals surface area (Å²) in [5.74, 6) is 1.06. The molecule has 0 aliphatic rings. The van der Waals surface area contributed by atoms with Crippen molar-refractivity contribution in [2.45, 2.75) is 13.5 Å². The van der Waals surface area contributed by atoms with Crippen molar-refractivity contribution >= 4 is 0 Å². The van der Waals surface area contributed by atoms with Gasteiger partial charge in [0.15, 0.2) is 0 Å². The molecule has 0 aliphatic heterocycles. The van der Waals surface area contributed by atoms with Crippen LogP contribution in [0.4, 0.5) is 0 Å². The van der Waals surface area contributed by atoms with Crippen LogP contribution < -0.4 is 0 Å². The van der Waals surface area contributed by atoms with E-state index < -0.39 is 0 Å². The second-order valence-electron chi connectivity index (χ2n) is 4.86. The summed E-state index contributed by atoms with van der Waals surface area (Å²) < 4.78 is 10.7. The summed E-state index contributed by atoms with van der Waals surface area (Å²) >= 11 is 0. The maximum absolute atomic E-state index is 9.08. The van der Waals surface area contributed by atoms with Crippen molar-refractivity contribution in [3.8, 4) is 11.5 Å². The van der Waals surface area contributed by atoms with E-state index in [1.165, 1.54) is 0 Å². The van der Waals surface area contributed by atoms with Crippen molar-refractivity contribution in [3.63, 3.8) is 0 Å². The first-order valence-corrected chi connectivity index (χ1v) is 6.94. The standard InChI is InChI=1S/C15H21N3O3/c1-12-4-3-5-13(10-12)15-17-16-14(21-15)11-18(6-8-19)7-9-20-2/h3-5,10,19H,6-9,11H2,1-2H3. The molecule has 0 radical (unpaired) electrons. The van der Waals surface area contributed by atoms with E-state index >= 15 is 0 Å². The summed E-state index contributed by atoms with van der Waals surface area (Å²) in [7, 11) is 1.65. The lowest BCUT2D eigenvalue weighted by atomic mass is 10.1. The SMILES string of the molecule is COCCN(CCO)Cc1nnc(-c2cccc(C)c2)o1. The Morgan fingerprint density at radius 1 is 1.29 bits per heavy atom. The van der Waals surface area contributed by atoms with Crippen LogP contribution in [-0.4, -0.2) is 53.6 Å². The normalized spacial score (nSPS) is 11.2. The van der Waals surface area contributed by atoms with Gasteiger partial charge in [-0.15, -0.1) is 10.2 Å². The number of nitrogens with zero attached hydrogens (tertiary/aromatic N) is 3. The maximum Gasteiger partial charge on any atom is 0.247 e. The smallest absolute Gasteiger partial charge is 0.247 e. The van der Waals surface area contributed by atoms with Crippen molar-refractivity contribution in [2.75, 3.05) is 33.4 Å². The minimum Gasteiger partial charge on any atom is -0.419 e. The van der Waals surface area contributed by atoms with E-state index in [1.54, 1.807) is 7.11 Å². The molecule has 0 saturated carbocycles. The van der Waals surface area contributed by atoms with E-state index in [2.05, 4.69) is 10.2 Å². The predicted molar refractivity (Wildman–Crippen MR) is 78.7 cm³/mol. The fourth-order valence-electron chi connectivity index (χ4n) is 2.04. The highest BCUT2D eigenvalue weighted by molar-refractivity contribution is 5.53. The van der Waals surface area contributed by atoms with Gasteiger partial charge in [0.25, 0.3) is 0 Å². The van der Waals surface area contributed by atoms with Gasteiger partial charge in [0.05, 0.1) is 19.8 Å². The Balaban J connectivity index is 2.04. The molecular formula is C15H21N3O3. The van der Waals surface area contributed by atoms with Crippen LogP contribution in [0, 0.1) is 6.92 Å². The van der Waals surface area contributed by atoms with Crippen molar-refractivity contribution in [1.29, 1.82) is 0 Å². The Morgan fingerprint density at radius 3 is 2.86 bits per heavy atom. The largest absolute Gasteiger partial charge is 0.419 e. The molecule has 21 heavy (non-hydrogen) atoms. The molecule has 6 heteroatoms. The third kappa shape index (κ3) is 4.63. The van der Waals surface area contributed by atoms with Gasteiger partial charge in [-0.25, -0.2) is 0 Å². The predicted octanol–water partition coefficient (Wildman–Crippen LogP) is 1.49. The first-order chi connectivity index (χ1) is 10.2. The molecule has 0 fully saturated rings. The third-order valence-electron chi connectivity index (χ3n) is 3.12. The van der Waals surface area contributed by atoms with Gasteiger partial charge in [-0.2, -0.15) is 0 Å². The fourth-order valence-corrected chi connectivity index (χ4v) is 2.04. The number of ether oxygens (including phenoxy) is 1. The van der Waals surface area contributed by atoms with Crippen LogP contribution in [0.5, 0.6) is 0 Å². The molecular weight excluding hydrogens is 270 g/mol. The molecule has 2 aromatic rings. The third-order valence-corrected chi connectivity index (χ3v) is 3.12. The van der Waals surface area contributed by atoms with E-state index in [4.69, 9.17) is 14.3 Å². The highest BCUT2D eigenvalue weighted by Gasteiger charge is 2.12. The zero-order valence-electron chi connectivity index (χ0n) is 12.5. The first-order valence-electron chi connectivity index (χ1n) is 6.94. The average molecular weight is 291 g/mol. The zero-order valence-corrected chi connectivity index (χ0v) is 12.5. The van der Waals surface area contributed by atoms with Crippen LogP contribution >= 0.6 is 0 Å². The molecule has 6 nitrogen and oxygen atoms in total. The monoisotopic (exact) mass is 291 g/mol. The van der Waals surface area contributed by atoms with Crippen molar-refractivity contribution < 1.29 is 14.3 Å². The lowest BCUT2D eigenvalue weighted by molar-refractivity contribution is 0.121. The number of hydrogen-bond donors (Lipinski definition) is 1. The highest BCUT2D eigenvalue weighted by atomic mass is 16.5. The second-order valence-corrected chi connectivity index (χ2v) is 4.86. The topological polar surface area (TPSA) is 71.6 Å².